The number of pyridine rings is 2. The number of amides is 1. The number of aryl methyl sites for hydroxylation is 1. The molecule has 3 rings (SSSR count). The zero-order chi connectivity index (χ0) is 17.1. The molecule has 0 saturated carbocycles. The smallest absolute Gasteiger partial charge is 0.255 e. The summed E-state index contributed by atoms with van der Waals surface area (Å²) < 4.78 is 1.44. The van der Waals surface area contributed by atoms with E-state index in [1.165, 1.54) is 16.2 Å². The van der Waals surface area contributed by atoms with Crippen molar-refractivity contribution >= 4 is 11.7 Å². The first-order valence-electron chi connectivity index (χ1n) is 8.18. The van der Waals surface area contributed by atoms with Crippen LogP contribution >= 0.6 is 0 Å². The highest BCUT2D eigenvalue weighted by Crippen LogP contribution is 2.28. The Morgan fingerprint density at radius 1 is 1.33 bits per heavy atom. The van der Waals surface area contributed by atoms with Gasteiger partial charge in [0.15, 0.2) is 0 Å². The number of carbonyl (C=O) groups excluding carboxylic acids is 1. The number of hydrogen-bond donors (Lipinski definition) is 1. The summed E-state index contributed by atoms with van der Waals surface area (Å²) in [7, 11) is 3.51. The van der Waals surface area contributed by atoms with E-state index in [1.807, 2.05) is 24.1 Å². The zero-order valence-electron chi connectivity index (χ0n) is 14.0. The quantitative estimate of drug-likeness (QED) is 0.934. The zero-order valence-corrected chi connectivity index (χ0v) is 14.0. The summed E-state index contributed by atoms with van der Waals surface area (Å²) in [5.74, 6) is 1.14. The van der Waals surface area contributed by atoms with Gasteiger partial charge in [-0.2, -0.15) is 0 Å². The summed E-state index contributed by atoms with van der Waals surface area (Å²) in [5, 5.41) is 3.05. The van der Waals surface area contributed by atoms with E-state index in [9.17, 15) is 9.59 Å². The predicted molar refractivity (Wildman–Crippen MR) is 93.3 cm³/mol. The van der Waals surface area contributed by atoms with Gasteiger partial charge in [0.2, 0.25) is 5.56 Å². The van der Waals surface area contributed by atoms with E-state index in [0.717, 1.165) is 25.2 Å². The molecule has 0 spiro atoms. The third kappa shape index (κ3) is 3.32. The van der Waals surface area contributed by atoms with Gasteiger partial charge in [-0.1, -0.05) is 0 Å². The molecule has 126 valence electrons. The van der Waals surface area contributed by atoms with Gasteiger partial charge in [0.25, 0.3) is 5.91 Å². The largest absolute Gasteiger partial charge is 0.373 e. The molecule has 1 aliphatic rings. The second-order valence-electron chi connectivity index (χ2n) is 6.18. The fraction of sp³-hybridized carbons (Fsp3) is 0.389. The maximum absolute atomic E-state index is 12.7. The molecule has 1 aliphatic heterocycles. The molecule has 0 unspecified atom stereocenters. The molecule has 1 saturated heterocycles. The normalized spacial score (nSPS) is 17.6. The van der Waals surface area contributed by atoms with Crippen LogP contribution in [0.25, 0.3) is 0 Å². The van der Waals surface area contributed by atoms with Crippen molar-refractivity contribution in [2.45, 2.75) is 18.8 Å². The van der Waals surface area contributed by atoms with Crippen LogP contribution in [0.1, 0.15) is 34.7 Å². The Balaban J connectivity index is 1.78. The Bertz CT molecular complexity index is 800. The molecule has 2 aromatic rings. The highest BCUT2D eigenvalue weighted by Gasteiger charge is 2.26. The van der Waals surface area contributed by atoms with Gasteiger partial charge in [-0.15, -0.1) is 0 Å². The predicted octanol–water partition coefficient (Wildman–Crippen LogP) is 1.84. The first-order valence-corrected chi connectivity index (χ1v) is 8.18. The molecule has 1 atom stereocenters. The summed E-state index contributed by atoms with van der Waals surface area (Å²) >= 11 is 0. The van der Waals surface area contributed by atoms with Crippen LogP contribution in [0.5, 0.6) is 0 Å². The number of aromatic nitrogens is 2. The van der Waals surface area contributed by atoms with E-state index in [-0.39, 0.29) is 11.5 Å². The van der Waals surface area contributed by atoms with Gasteiger partial charge in [0.1, 0.15) is 5.82 Å². The van der Waals surface area contributed by atoms with E-state index < -0.39 is 0 Å². The summed E-state index contributed by atoms with van der Waals surface area (Å²) in [6.07, 6.45) is 5.44. The van der Waals surface area contributed by atoms with E-state index in [2.05, 4.69) is 10.3 Å². The molecule has 0 aromatic carbocycles. The van der Waals surface area contributed by atoms with Gasteiger partial charge in [0.05, 0.1) is 5.56 Å². The van der Waals surface area contributed by atoms with Crippen LogP contribution in [0.4, 0.5) is 5.82 Å². The first-order chi connectivity index (χ1) is 11.6. The lowest BCUT2D eigenvalue weighted by Crippen LogP contribution is -2.39. The standard InChI is InChI=1S/C18H22N4O2/c1-19-16-10-13(7-8-20-16)14-4-3-9-22(12-14)18(24)15-5-6-17(23)21(2)11-15/h5-8,10-11,14H,3-4,9,12H2,1-2H3,(H,19,20)/t14-/m0/s1. The highest BCUT2D eigenvalue weighted by molar-refractivity contribution is 5.94. The number of carbonyl (C=O) groups is 1. The van der Waals surface area contributed by atoms with Crippen molar-refractivity contribution in [3.05, 3.63) is 58.1 Å². The minimum atomic E-state index is -0.112. The molecule has 24 heavy (non-hydrogen) atoms. The second-order valence-corrected chi connectivity index (χ2v) is 6.18. The maximum Gasteiger partial charge on any atom is 0.255 e. The fourth-order valence-electron chi connectivity index (χ4n) is 3.17. The van der Waals surface area contributed by atoms with Crippen molar-refractivity contribution in [3.63, 3.8) is 0 Å². The molecular weight excluding hydrogens is 304 g/mol. The van der Waals surface area contributed by atoms with Crippen molar-refractivity contribution in [1.29, 1.82) is 0 Å². The molecule has 0 aliphatic carbocycles. The average molecular weight is 326 g/mol. The van der Waals surface area contributed by atoms with Crippen LogP contribution in [0.3, 0.4) is 0 Å². The lowest BCUT2D eigenvalue weighted by atomic mass is 9.91. The number of rotatable bonds is 3. The third-order valence-electron chi connectivity index (χ3n) is 4.55. The molecule has 6 heteroatoms. The van der Waals surface area contributed by atoms with Crippen LogP contribution in [0.15, 0.2) is 41.5 Å². The Morgan fingerprint density at radius 2 is 2.17 bits per heavy atom. The van der Waals surface area contributed by atoms with Gasteiger partial charge in [0, 0.05) is 51.6 Å². The monoisotopic (exact) mass is 326 g/mol. The molecule has 3 heterocycles. The van der Waals surface area contributed by atoms with Crippen LogP contribution in [0.2, 0.25) is 0 Å². The number of likely N-dealkylation sites (tertiary alicyclic amines) is 1. The summed E-state index contributed by atoms with van der Waals surface area (Å²) in [6, 6.07) is 7.12. The molecule has 0 radical (unpaired) electrons. The van der Waals surface area contributed by atoms with Crippen molar-refractivity contribution < 1.29 is 4.79 Å². The number of nitrogens with one attached hydrogen (secondary N) is 1. The van der Waals surface area contributed by atoms with E-state index >= 15 is 0 Å². The Kier molecular flexibility index (Phi) is 4.64. The van der Waals surface area contributed by atoms with Crippen molar-refractivity contribution in [1.82, 2.24) is 14.5 Å². The minimum Gasteiger partial charge on any atom is -0.373 e. The van der Waals surface area contributed by atoms with Crippen LogP contribution < -0.4 is 10.9 Å². The topological polar surface area (TPSA) is 67.2 Å². The van der Waals surface area contributed by atoms with Crippen molar-refractivity contribution in [2.24, 2.45) is 7.05 Å². The summed E-state index contributed by atoms with van der Waals surface area (Å²) in [5.41, 5.74) is 1.65. The molecule has 0 bridgehead atoms. The fourth-order valence-corrected chi connectivity index (χ4v) is 3.17. The maximum atomic E-state index is 12.7. The number of piperidine rings is 1. The van der Waals surface area contributed by atoms with Crippen LogP contribution in [-0.4, -0.2) is 40.5 Å². The van der Waals surface area contributed by atoms with Gasteiger partial charge < -0.3 is 14.8 Å². The number of hydrogen-bond acceptors (Lipinski definition) is 4. The highest BCUT2D eigenvalue weighted by atomic mass is 16.2. The lowest BCUT2D eigenvalue weighted by molar-refractivity contribution is 0.0706. The Morgan fingerprint density at radius 3 is 2.92 bits per heavy atom. The van der Waals surface area contributed by atoms with Crippen LogP contribution in [0, 0.1) is 0 Å². The third-order valence-corrected chi connectivity index (χ3v) is 4.55. The molecule has 1 N–H and O–H groups in total. The second kappa shape index (κ2) is 6.86. The van der Waals surface area contributed by atoms with E-state index in [1.54, 1.807) is 25.5 Å². The van der Waals surface area contributed by atoms with Gasteiger partial charge >= 0.3 is 0 Å². The molecule has 1 amide bonds. The summed E-state index contributed by atoms with van der Waals surface area (Å²) in [6.45, 7) is 1.44. The van der Waals surface area contributed by atoms with Crippen LogP contribution in [-0.2, 0) is 7.05 Å². The molecule has 6 nitrogen and oxygen atoms in total. The summed E-state index contributed by atoms with van der Waals surface area (Å²) in [4.78, 5) is 30.4. The Labute approximate surface area is 141 Å². The van der Waals surface area contributed by atoms with Crippen molar-refractivity contribution in [3.8, 4) is 0 Å². The first kappa shape index (κ1) is 16.2. The lowest BCUT2D eigenvalue weighted by Gasteiger charge is -2.33. The van der Waals surface area contributed by atoms with E-state index in [4.69, 9.17) is 0 Å². The number of nitrogens with zero attached hydrogens (tertiary/aromatic N) is 3. The van der Waals surface area contributed by atoms with Gasteiger partial charge in [-0.3, -0.25) is 9.59 Å². The van der Waals surface area contributed by atoms with Crippen molar-refractivity contribution in [2.75, 3.05) is 25.5 Å². The molecule has 2 aromatic heterocycles. The SMILES string of the molecule is CNc1cc([C@H]2CCCN(C(=O)c3ccc(=O)n(C)c3)C2)ccn1. The molecular formula is C18H22N4O2. The minimum absolute atomic E-state index is 0.0156. The average Bonchev–Trinajstić information content (AvgIpc) is 2.63. The number of anilines is 1. The Hall–Kier alpha value is -2.63. The van der Waals surface area contributed by atoms with Gasteiger partial charge in [-0.05, 0) is 36.6 Å². The van der Waals surface area contributed by atoms with Gasteiger partial charge in [-0.25, -0.2) is 4.98 Å². The van der Waals surface area contributed by atoms with E-state index in [0.29, 0.717) is 18.0 Å². The molecule has 1 fully saturated rings.